The Hall–Kier alpha value is -3.08. The number of ether oxygens (including phenoxy) is 2. The van der Waals surface area contributed by atoms with Gasteiger partial charge in [0, 0.05) is 11.6 Å². The molecule has 0 saturated carbocycles. The first kappa shape index (κ1) is 12.6. The molecule has 1 aliphatic rings. The van der Waals surface area contributed by atoms with Gasteiger partial charge < -0.3 is 13.9 Å². The summed E-state index contributed by atoms with van der Waals surface area (Å²) in [6.45, 7) is 0.270. The molecule has 4 rings (SSSR count). The Bertz CT molecular complexity index is 825. The van der Waals surface area contributed by atoms with Crippen LogP contribution in [-0.2, 0) is 0 Å². The summed E-state index contributed by atoms with van der Waals surface area (Å²) in [6.07, 6.45) is 3.67. The maximum atomic E-state index is 5.62. The lowest BCUT2D eigenvalue weighted by atomic mass is 10.2. The van der Waals surface area contributed by atoms with Gasteiger partial charge in [0.2, 0.25) is 18.6 Å². The van der Waals surface area contributed by atoms with Crippen LogP contribution in [0, 0.1) is 0 Å². The van der Waals surface area contributed by atoms with Crippen LogP contribution < -0.4 is 9.47 Å². The van der Waals surface area contributed by atoms with Crippen molar-refractivity contribution < 1.29 is 13.9 Å². The Kier molecular flexibility index (Phi) is 3.08. The minimum Gasteiger partial charge on any atom is -0.454 e. The van der Waals surface area contributed by atoms with Crippen molar-refractivity contribution in [3.05, 3.63) is 60.0 Å². The molecule has 0 atom stereocenters. The zero-order chi connectivity index (χ0) is 14.8. The average molecular weight is 292 g/mol. The predicted molar refractivity (Wildman–Crippen MR) is 81.2 cm³/mol. The molecule has 5 heteroatoms. The highest BCUT2D eigenvalue weighted by Gasteiger charge is 2.12. The van der Waals surface area contributed by atoms with Crippen LogP contribution in [0.3, 0.4) is 0 Å². The third-order valence-corrected chi connectivity index (χ3v) is 3.28. The normalized spacial score (nSPS) is 12.9. The molecule has 3 aromatic rings. The smallest absolute Gasteiger partial charge is 0.248 e. The van der Waals surface area contributed by atoms with Gasteiger partial charge in [-0.3, -0.25) is 0 Å². The van der Waals surface area contributed by atoms with Crippen molar-refractivity contribution in [2.75, 3.05) is 6.79 Å². The van der Waals surface area contributed by atoms with Gasteiger partial charge in [-0.15, -0.1) is 10.2 Å². The highest BCUT2D eigenvalue weighted by atomic mass is 16.7. The van der Waals surface area contributed by atoms with Crippen LogP contribution in [0.15, 0.2) is 52.9 Å². The van der Waals surface area contributed by atoms with Gasteiger partial charge in [0.25, 0.3) is 0 Å². The number of fused-ring (bicyclic) bond motifs is 1. The summed E-state index contributed by atoms with van der Waals surface area (Å²) in [5.41, 5.74) is 1.88. The second-order valence-corrected chi connectivity index (χ2v) is 4.76. The van der Waals surface area contributed by atoms with Crippen LogP contribution in [0.1, 0.15) is 11.5 Å². The Balaban J connectivity index is 1.55. The molecule has 0 N–H and O–H groups in total. The average Bonchev–Trinajstić information content (AvgIpc) is 3.22. The predicted octanol–water partition coefficient (Wildman–Crippen LogP) is 3.64. The third kappa shape index (κ3) is 2.44. The minimum atomic E-state index is 0.270. The van der Waals surface area contributed by atoms with Crippen molar-refractivity contribution in [1.82, 2.24) is 10.2 Å². The lowest BCUT2D eigenvalue weighted by Gasteiger charge is -1.96. The van der Waals surface area contributed by atoms with E-state index in [1.54, 1.807) is 6.08 Å². The largest absolute Gasteiger partial charge is 0.454 e. The fourth-order valence-corrected chi connectivity index (χ4v) is 2.18. The number of hydrogen-bond acceptors (Lipinski definition) is 5. The quantitative estimate of drug-likeness (QED) is 0.737. The lowest BCUT2D eigenvalue weighted by molar-refractivity contribution is 0.174. The molecular weight excluding hydrogens is 280 g/mol. The molecule has 2 heterocycles. The molecule has 0 unspecified atom stereocenters. The molecule has 0 spiro atoms. The van der Waals surface area contributed by atoms with Crippen molar-refractivity contribution in [3.8, 4) is 23.0 Å². The topological polar surface area (TPSA) is 57.4 Å². The number of rotatable bonds is 3. The van der Waals surface area contributed by atoms with Crippen LogP contribution in [0.25, 0.3) is 23.6 Å². The SMILES string of the molecule is C(=Cc1nnc(-c2ccccc2)o1)c1ccc2c(c1)OCO2. The fraction of sp³-hybridized carbons (Fsp3) is 0.0588. The van der Waals surface area contributed by atoms with E-state index in [0.717, 1.165) is 22.6 Å². The van der Waals surface area contributed by atoms with Crippen molar-refractivity contribution in [3.63, 3.8) is 0 Å². The standard InChI is InChI=1S/C17H12N2O3/c1-2-4-13(5-3-1)17-19-18-16(22-17)9-7-12-6-8-14-15(10-12)21-11-20-14/h1-10H,11H2. The van der Waals surface area contributed by atoms with Gasteiger partial charge in [0.15, 0.2) is 11.5 Å². The van der Waals surface area contributed by atoms with Gasteiger partial charge in [0.1, 0.15) is 0 Å². The van der Waals surface area contributed by atoms with E-state index in [0.29, 0.717) is 11.8 Å². The Morgan fingerprint density at radius 2 is 1.73 bits per heavy atom. The highest BCUT2D eigenvalue weighted by molar-refractivity contribution is 5.68. The first-order valence-corrected chi connectivity index (χ1v) is 6.85. The number of nitrogens with zero attached hydrogens (tertiary/aromatic N) is 2. The number of benzene rings is 2. The second kappa shape index (κ2) is 5.37. The summed E-state index contributed by atoms with van der Waals surface area (Å²) in [7, 11) is 0. The van der Waals surface area contributed by atoms with Crippen molar-refractivity contribution in [2.24, 2.45) is 0 Å². The van der Waals surface area contributed by atoms with Gasteiger partial charge >= 0.3 is 0 Å². The molecule has 0 saturated heterocycles. The molecule has 5 nitrogen and oxygen atoms in total. The van der Waals surface area contributed by atoms with Crippen LogP contribution in [0.4, 0.5) is 0 Å². The zero-order valence-corrected chi connectivity index (χ0v) is 11.6. The van der Waals surface area contributed by atoms with E-state index < -0.39 is 0 Å². The summed E-state index contributed by atoms with van der Waals surface area (Å²) < 4.78 is 16.2. The maximum Gasteiger partial charge on any atom is 0.248 e. The van der Waals surface area contributed by atoms with Crippen molar-refractivity contribution in [1.29, 1.82) is 0 Å². The number of aromatic nitrogens is 2. The van der Waals surface area contributed by atoms with E-state index >= 15 is 0 Å². The molecule has 22 heavy (non-hydrogen) atoms. The van der Waals surface area contributed by atoms with Gasteiger partial charge in [0.05, 0.1) is 0 Å². The summed E-state index contributed by atoms with van der Waals surface area (Å²) in [6, 6.07) is 15.4. The van der Waals surface area contributed by atoms with Crippen LogP contribution >= 0.6 is 0 Å². The lowest BCUT2D eigenvalue weighted by Crippen LogP contribution is -1.92. The molecular formula is C17H12N2O3. The molecule has 0 amide bonds. The van der Waals surface area contributed by atoms with Gasteiger partial charge in [-0.25, -0.2) is 0 Å². The fourth-order valence-electron chi connectivity index (χ4n) is 2.18. The van der Waals surface area contributed by atoms with E-state index in [1.165, 1.54) is 0 Å². The van der Waals surface area contributed by atoms with Crippen molar-refractivity contribution in [2.45, 2.75) is 0 Å². The second-order valence-electron chi connectivity index (χ2n) is 4.76. The Labute approximate surface area is 126 Å². The highest BCUT2D eigenvalue weighted by Crippen LogP contribution is 2.33. The molecule has 1 aromatic heterocycles. The van der Waals surface area contributed by atoms with Gasteiger partial charge in [-0.05, 0) is 35.9 Å². The molecule has 2 aromatic carbocycles. The van der Waals surface area contributed by atoms with E-state index in [1.807, 2.05) is 54.6 Å². The first-order valence-electron chi connectivity index (χ1n) is 6.85. The minimum absolute atomic E-state index is 0.270. The van der Waals surface area contributed by atoms with Crippen LogP contribution in [-0.4, -0.2) is 17.0 Å². The van der Waals surface area contributed by atoms with Gasteiger partial charge in [-0.2, -0.15) is 0 Å². The van der Waals surface area contributed by atoms with E-state index in [-0.39, 0.29) is 6.79 Å². The molecule has 1 aliphatic heterocycles. The van der Waals surface area contributed by atoms with E-state index in [4.69, 9.17) is 13.9 Å². The molecule has 0 radical (unpaired) electrons. The summed E-state index contributed by atoms with van der Waals surface area (Å²) in [5.74, 6) is 2.47. The monoisotopic (exact) mass is 292 g/mol. The summed E-state index contributed by atoms with van der Waals surface area (Å²) in [4.78, 5) is 0. The molecule has 0 fully saturated rings. The Morgan fingerprint density at radius 1 is 0.864 bits per heavy atom. The number of hydrogen-bond donors (Lipinski definition) is 0. The summed E-state index contributed by atoms with van der Waals surface area (Å²) in [5, 5.41) is 8.06. The molecule has 0 bridgehead atoms. The first-order chi connectivity index (χ1) is 10.9. The van der Waals surface area contributed by atoms with Crippen molar-refractivity contribution >= 4 is 12.2 Å². The third-order valence-electron chi connectivity index (χ3n) is 3.28. The van der Waals surface area contributed by atoms with Crippen LogP contribution in [0.2, 0.25) is 0 Å². The van der Waals surface area contributed by atoms with Crippen LogP contribution in [0.5, 0.6) is 11.5 Å². The zero-order valence-electron chi connectivity index (χ0n) is 11.6. The van der Waals surface area contributed by atoms with Gasteiger partial charge in [-0.1, -0.05) is 24.3 Å². The molecule has 108 valence electrons. The molecule has 0 aliphatic carbocycles. The summed E-state index contributed by atoms with van der Waals surface area (Å²) >= 11 is 0. The Morgan fingerprint density at radius 3 is 2.64 bits per heavy atom. The maximum absolute atomic E-state index is 5.62. The van der Waals surface area contributed by atoms with E-state index in [2.05, 4.69) is 10.2 Å². The van der Waals surface area contributed by atoms with E-state index in [9.17, 15) is 0 Å².